The Kier molecular flexibility index (Phi) is 6.98. The summed E-state index contributed by atoms with van der Waals surface area (Å²) in [5.41, 5.74) is 1.27. The molecule has 1 atom stereocenters. The van der Waals surface area contributed by atoms with Gasteiger partial charge < -0.3 is 10.4 Å². The molecule has 4 heteroatoms. The number of rotatable bonds is 8. The van der Waals surface area contributed by atoms with Gasteiger partial charge in [0.15, 0.2) is 0 Å². The van der Waals surface area contributed by atoms with Crippen LogP contribution in [-0.2, 0) is 4.79 Å². The van der Waals surface area contributed by atoms with Crippen LogP contribution >= 0.6 is 15.9 Å². The molecule has 0 amide bonds. The lowest BCUT2D eigenvalue weighted by molar-refractivity contribution is -0.137. The van der Waals surface area contributed by atoms with Crippen molar-refractivity contribution in [3.8, 4) is 0 Å². The second-order valence-corrected chi connectivity index (χ2v) is 5.35. The summed E-state index contributed by atoms with van der Waals surface area (Å²) in [4.78, 5) is 10.3. The van der Waals surface area contributed by atoms with Crippen LogP contribution in [0.15, 0.2) is 28.7 Å². The molecule has 0 aliphatic carbocycles. The van der Waals surface area contributed by atoms with Gasteiger partial charge in [0.2, 0.25) is 0 Å². The number of hydrogen-bond acceptors (Lipinski definition) is 2. The molecule has 1 aromatic rings. The molecule has 0 aliphatic heterocycles. The van der Waals surface area contributed by atoms with Crippen molar-refractivity contribution in [1.82, 2.24) is 5.32 Å². The molecule has 0 saturated heterocycles. The minimum atomic E-state index is -0.703. The number of nitrogens with one attached hydrogen (secondary N) is 1. The van der Waals surface area contributed by atoms with E-state index in [-0.39, 0.29) is 6.42 Å². The lowest BCUT2D eigenvalue weighted by atomic mass is 10.1. The van der Waals surface area contributed by atoms with E-state index >= 15 is 0 Å². The van der Waals surface area contributed by atoms with E-state index in [2.05, 4.69) is 40.3 Å². The summed E-state index contributed by atoms with van der Waals surface area (Å²) in [6.07, 6.45) is 3.03. The van der Waals surface area contributed by atoms with Gasteiger partial charge in [-0.2, -0.15) is 0 Å². The van der Waals surface area contributed by atoms with Crippen molar-refractivity contribution < 1.29 is 9.90 Å². The van der Waals surface area contributed by atoms with Crippen LogP contribution in [-0.4, -0.2) is 17.6 Å². The molecule has 0 fully saturated rings. The van der Waals surface area contributed by atoms with Crippen molar-refractivity contribution in [2.75, 3.05) is 6.54 Å². The monoisotopic (exact) mass is 313 g/mol. The van der Waals surface area contributed by atoms with Gasteiger partial charge in [0.1, 0.15) is 0 Å². The minimum absolute atomic E-state index is 0.280. The maximum atomic E-state index is 10.3. The average molecular weight is 314 g/mol. The Bertz CT molecular complexity index is 365. The molecule has 0 aliphatic rings. The molecule has 3 nitrogen and oxygen atoms in total. The number of benzene rings is 1. The first-order chi connectivity index (χ1) is 8.59. The number of carboxylic acids is 1. The zero-order valence-electron chi connectivity index (χ0n) is 10.7. The molecule has 0 bridgehead atoms. The second-order valence-electron chi connectivity index (χ2n) is 4.43. The van der Waals surface area contributed by atoms with Gasteiger partial charge in [-0.3, -0.25) is 4.79 Å². The minimum Gasteiger partial charge on any atom is -0.481 e. The fraction of sp³-hybridized carbons (Fsp3) is 0.500. The molecular formula is C14H20BrNO2. The van der Waals surface area contributed by atoms with Crippen LogP contribution in [0, 0.1) is 0 Å². The lowest BCUT2D eigenvalue weighted by Gasteiger charge is -2.14. The van der Waals surface area contributed by atoms with Crippen molar-refractivity contribution in [1.29, 1.82) is 0 Å². The SMILES string of the molecule is CC(NCCCCCC(=O)O)c1ccc(Br)cc1. The van der Waals surface area contributed by atoms with E-state index < -0.39 is 5.97 Å². The predicted molar refractivity (Wildman–Crippen MR) is 76.7 cm³/mol. The lowest BCUT2D eigenvalue weighted by Crippen LogP contribution is -2.19. The zero-order chi connectivity index (χ0) is 13.4. The summed E-state index contributed by atoms with van der Waals surface area (Å²) in [5, 5.41) is 12.0. The summed E-state index contributed by atoms with van der Waals surface area (Å²) < 4.78 is 1.09. The normalized spacial score (nSPS) is 12.3. The van der Waals surface area contributed by atoms with E-state index in [1.807, 2.05) is 12.1 Å². The van der Waals surface area contributed by atoms with Gasteiger partial charge >= 0.3 is 5.97 Å². The second kappa shape index (κ2) is 8.27. The molecule has 0 heterocycles. The molecule has 1 aromatic carbocycles. The molecule has 0 saturated carbocycles. The van der Waals surface area contributed by atoms with Gasteiger partial charge in [-0.1, -0.05) is 34.5 Å². The smallest absolute Gasteiger partial charge is 0.303 e. The van der Waals surface area contributed by atoms with Crippen molar-refractivity contribution in [2.45, 2.75) is 38.6 Å². The highest BCUT2D eigenvalue weighted by molar-refractivity contribution is 9.10. The van der Waals surface area contributed by atoms with Crippen molar-refractivity contribution in [3.05, 3.63) is 34.3 Å². The fourth-order valence-corrected chi connectivity index (χ4v) is 2.03. The highest BCUT2D eigenvalue weighted by Crippen LogP contribution is 2.16. The standard InChI is InChI=1S/C14H20BrNO2/c1-11(12-6-8-13(15)9-7-12)16-10-4-2-3-5-14(17)18/h6-9,11,16H,2-5,10H2,1H3,(H,17,18). The van der Waals surface area contributed by atoms with Crippen LogP contribution in [0.2, 0.25) is 0 Å². The van der Waals surface area contributed by atoms with Gasteiger partial charge in [-0.15, -0.1) is 0 Å². The summed E-state index contributed by atoms with van der Waals surface area (Å²) in [6.45, 7) is 3.07. The van der Waals surface area contributed by atoms with E-state index in [0.717, 1.165) is 30.3 Å². The molecule has 100 valence electrons. The van der Waals surface area contributed by atoms with Crippen LogP contribution in [0.3, 0.4) is 0 Å². The third kappa shape index (κ3) is 6.17. The van der Waals surface area contributed by atoms with Gasteiger partial charge in [-0.05, 0) is 44.0 Å². The topological polar surface area (TPSA) is 49.3 Å². The highest BCUT2D eigenvalue weighted by Gasteiger charge is 2.03. The summed E-state index contributed by atoms with van der Waals surface area (Å²) in [6, 6.07) is 8.62. The Labute approximate surface area is 117 Å². The van der Waals surface area contributed by atoms with Crippen LogP contribution in [0.1, 0.15) is 44.2 Å². The van der Waals surface area contributed by atoms with Crippen LogP contribution in [0.5, 0.6) is 0 Å². The first kappa shape index (κ1) is 15.2. The molecule has 0 radical (unpaired) electrons. The summed E-state index contributed by atoms with van der Waals surface area (Å²) in [7, 11) is 0. The Morgan fingerprint density at radius 3 is 2.56 bits per heavy atom. The van der Waals surface area contributed by atoms with Crippen LogP contribution in [0.4, 0.5) is 0 Å². The third-order valence-corrected chi connectivity index (χ3v) is 3.42. The Balaban J connectivity index is 2.15. The number of halogens is 1. The number of unbranched alkanes of at least 4 members (excludes halogenated alkanes) is 2. The fourth-order valence-electron chi connectivity index (χ4n) is 1.77. The Hall–Kier alpha value is -0.870. The van der Waals surface area contributed by atoms with E-state index in [4.69, 9.17) is 5.11 Å². The maximum absolute atomic E-state index is 10.3. The van der Waals surface area contributed by atoms with Crippen LogP contribution in [0.25, 0.3) is 0 Å². The van der Waals surface area contributed by atoms with E-state index in [0.29, 0.717) is 6.04 Å². The molecule has 18 heavy (non-hydrogen) atoms. The Morgan fingerprint density at radius 2 is 1.94 bits per heavy atom. The first-order valence-corrected chi connectivity index (χ1v) is 7.09. The van der Waals surface area contributed by atoms with Gasteiger partial charge in [0.25, 0.3) is 0 Å². The third-order valence-electron chi connectivity index (χ3n) is 2.89. The van der Waals surface area contributed by atoms with Gasteiger partial charge in [0.05, 0.1) is 0 Å². The highest BCUT2D eigenvalue weighted by atomic mass is 79.9. The zero-order valence-corrected chi connectivity index (χ0v) is 12.2. The van der Waals surface area contributed by atoms with E-state index in [1.54, 1.807) is 0 Å². The van der Waals surface area contributed by atoms with Crippen LogP contribution < -0.4 is 5.32 Å². The van der Waals surface area contributed by atoms with E-state index in [9.17, 15) is 4.79 Å². The van der Waals surface area contributed by atoms with E-state index in [1.165, 1.54) is 5.56 Å². The first-order valence-electron chi connectivity index (χ1n) is 6.30. The van der Waals surface area contributed by atoms with Crippen molar-refractivity contribution in [3.63, 3.8) is 0 Å². The number of aliphatic carboxylic acids is 1. The summed E-state index contributed by atoms with van der Waals surface area (Å²) in [5.74, 6) is -0.703. The maximum Gasteiger partial charge on any atom is 0.303 e. The van der Waals surface area contributed by atoms with Gasteiger partial charge in [0, 0.05) is 16.9 Å². The molecule has 1 unspecified atom stereocenters. The quantitative estimate of drug-likeness (QED) is 0.719. The van der Waals surface area contributed by atoms with Crippen molar-refractivity contribution >= 4 is 21.9 Å². The summed E-state index contributed by atoms with van der Waals surface area (Å²) >= 11 is 3.42. The number of carboxylic acid groups (broad SMARTS) is 1. The molecule has 2 N–H and O–H groups in total. The largest absolute Gasteiger partial charge is 0.481 e. The Morgan fingerprint density at radius 1 is 1.28 bits per heavy atom. The average Bonchev–Trinajstić information content (AvgIpc) is 2.34. The predicted octanol–water partition coefficient (Wildman–Crippen LogP) is 3.74. The number of carbonyl (C=O) groups is 1. The molecular weight excluding hydrogens is 294 g/mol. The number of hydrogen-bond donors (Lipinski definition) is 2. The molecule has 0 aromatic heterocycles. The van der Waals surface area contributed by atoms with Crippen molar-refractivity contribution in [2.24, 2.45) is 0 Å². The van der Waals surface area contributed by atoms with Gasteiger partial charge in [-0.25, -0.2) is 0 Å². The molecule has 1 rings (SSSR count). The molecule has 0 spiro atoms.